The first kappa shape index (κ1) is 60.2. The average molecular weight is 899 g/mol. The van der Waals surface area contributed by atoms with E-state index in [9.17, 15) is 14.3 Å². The number of ether oxygens (including phenoxy) is 2. The number of phosphoric acid groups is 1. The summed E-state index contributed by atoms with van der Waals surface area (Å²) in [6, 6.07) is 0. The van der Waals surface area contributed by atoms with Gasteiger partial charge in [0.15, 0.2) is 0 Å². The van der Waals surface area contributed by atoms with Crippen molar-refractivity contribution in [2.24, 2.45) is 0 Å². The monoisotopic (exact) mass is 899 g/mol. The minimum absolute atomic E-state index is 0.0734. The first-order valence-electron chi connectivity index (χ1n) is 24.6. The van der Waals surface area contributed by atoms with E-state index in [1.165, 1.54) is 57.8 Å². The first-order chi connectivity index (χ1) is 30.6. The van der Waals surface area contributed by atoms with Crippen molar-refractivity contribution in [3.8, 4) is 0 Å². The molecule has 0 heterocycles. The Balaban J connectivity index is 4.20. The Hall–Kier alpha value is -2.84. The predicted molar refractivity (Wildman–Crippen MR) is 270 cm³/mol. The highest BCUT2D eigenvalue weighted by Gasteiger charge is 2.26. The van der Waals surface area contributed by atoms with Crippen molar-refractivity contribution >= 4 is 13.8 Å². The molecular weight excluding hydrogens is 806 g/mol. The fourth-order valence-corrected chi connectivity index (χ4v) is 6.84. The summed E-state index contributed by atoms with van der Waals surface area (Å²) in [5.41, 5.74) is 0. The number of allylic oxidation sites excluding steroid dienone is 18. The van der Waals surface area contributed by atoms with Crippen molar-refractivity contribution in [3.05, 3.63) is 109 Å². The van der Waals surface area contributed by atoms with Gasteiger partial charge in [-0.2, -0.15) is 0 Å². The Bertz CT molecular complexity index is 1370. The van der Waals surface area contributed by atoms with Crippen molar-refractivity contribution in [1.82, 2.24) is 0 Å². The smallest absolute Gasteiger partial charge is 0.457 e. The summed E-state index contributed by atoms with van der Waals surface area (Å²) in [4.78, 5) is 22.9. The zero-order chi connectivity index (χ0) is 46.2. The van der Waals surface area contributed by atoms with Gasteiger partial charge in [-0.15, -0.1) is 0 Å². The Morgan fingerprint density at radius 2 is 0.873 bits per heavy atom. The van der Waals surface area contributed by atoms with Crippen LogP contribution in [-0.4, -0.2) is 75.6 Å². The quantitative estimate of drug-likeness (QED) is 0.0214. The molecule has 63 heavy (non-hydrogen) atoms. The van der Waals surface area contributed by atoms with Gasteiger partial charge in [0.05, 0.1) is 34.4 Å². The molecule has 0 aliphatic rings. The highest BCUT2D eigenvalue weighted by molar-refractivity contribution is 7.47. The summed E-state index contributed by atoms with van der Waals surface area (Å²) in [5.74, 6) is -0.360. The molecular formula is C54H93NO7P+. The fraction of sp³-hybridized carbons (Fsp3) is 0.648. The second-order valence-electron chi connectivity index (χ2n) is 17.1. The average Bonchev–Trinajstić information content (AvgIpc) is 3.24. The lowest BCUT2D eigenvalue weighted by molar-refractivity contribution is -0.870. The van der Waals surface area contributed by atoms with E-state index in [1.54, 1.807) is 0 Å². The van der Waals surface area contributed by atoms with E-state index in [0.717, 1.165) is 83.5 Å². The molecule has 0 aromatic heterocycles. The molecule has 0 aliphatic carbocycles. The normalized spacial score (nSPS) is 14.6. The molecule has 2 atom stereocenters. The molecule has 0 aromatic carbocycles. The van der Waals surface area contributed by atoms with Crippen LogP contribution in [-0.2, 0) is 27.9 Å². The minimum atomic E-state index is -4.30. The molecule has 0 saturated heterocycles. The zero-order valence-corrected chi connectivity index (χ0v) is 41.7. The summed E-state index contributed by atoms with van der Waals surface area (Å²) in [5, 5.41) is 0. The van der Waals surface area contributed by atoms with Crippen LogP contribution < -0.4 is 0 Å². The molecule has 8 nitrogen and oxygen atoms in total. The van der Waals surface area contributed by atoms with E-state index < -0.39 is 13.9 Å². The largest absolute Gasteiger partial charge is 0.472 e. The number of quaternary nitrogens is 1. The third-order valence-electron chi connectivity index (χ3n) is 9.83. The van der Waals surface area contributed by atoms with Crippen LogP contribution >= 0.6 is 7.82 Å². The van der Waals surface area contributed by atoms with E-state index in [4.69, 9.17) is 18.5 Å². The van der Waals surface area contributed by atoms with Crippen LogP contribution in [0.4, 0.5) is 0 Å². The third kappa shape index (κ3) is 50.0. The number of carbonyl (C=O) groups excluding carboxylic acids is 1. The minimum Gasteiger partial charge on any atom is -0.457 e. The van der Waals surface area contributed by atoms with Gasteiger partial charge >= 0.3 is 13.8 Å². The van der Waals surface area contributed by atoms with Crippen molar-refractivity contribution in [1.29, 1.82) is 0 Å². The highest BCUT2D eigenvalue weighted by Crippen LogP contribution is 2.43. The van der Waals surface area contributed by atoms with E-state index in [1.807, 2.05) is 21.1 Å². The molecule has 9 heteroatoms. The summed E-state index contributed by atoms with van der Waals surface area (Å²) >= 11 is 0. The van der Waals surface area contributed by atoms with Gasteiger partial charge in [-0.05, 0) is 96.3 Å². The second kappa shape index (κ2) is 45.7. The molecule has 0 rings (SSSR count). The van der Waals surface area contributed by atoms with E-state index in [0.29, 0.717) is 24.1 Å². The molecule has 0 aliphatic heterocycles. The molecule has 0 radical (unpaired) electrons. The van der Waals surface area contributed by atoms with Gasteiger partial charge in [-0.3, -0.25) is 13.8 Å². The summed E-state index contributed by atoms with van der Waals surface area (Å²) in [6.45, 7) is 5.30. The lowest BCUT2D eigenvalue weighted by Gasteiger charge is -2.24. The number of hydrogen-bond acceptors (Lipinski definition) is 6. The van der Waals surface area contributed by atoms with E-state index >= 15 is 0 Å². The van der Waals surface area contributed by atoms with Crippen LogP contribution in [0.5, 0.6) is 0 Å². The van der Waals surface area contributed by atoms with Gasteiger partial charge in [0.1, 0.15) is 19.3 Å². The molecule has 0 saturated carbocycles. The predicted octanol–water partition coefficient (Wildman–Crippen LogP) is 15.2. The summed E-state index contributed by atoms with van der Waals surface area (Å²) in [6.07, 6.45) is 64.3. The molecule has 2 unspecified atom stereocenters. The Morgan fingerprint density at radius 3 is 1.30 bits per heavy atom. The van der Waals surface area contributed by atoms with Gasteiger partial charge in [0.25, 0.3) is 0 Å². The summed E-state index contributed by atoms with van der Waals surface area (Å²) < 4.78 is 35.0. The maximum absolute atomic E-state index is 12.7. The Labute approximate surface area is 387 Å². The van der Waals surface area contributed by atoms with E-state index in [-0.39, 0.29) is 32.2 Å². The van der Waals surface area contributed by atoms with Crippen molar-refractivity contribution < 1.29 is 37.3 Å². The second-order valence-corrected chi connectivity index (χ2v) is 18.5. The maximum Gasteiger partial charge on any atom is 0.472 e. The maximum atomic E-state index is 12.7. The highest BCUT2D eigenvalue weighted by atomic mass is 31.2. The number of esters is 1. The number of likely N-dealkylation sites (N-methyl/N-ethyl adjacent to an activating group) is 1. The molecule has 0 fully saturated rings. The number of carbonyl (C=O) groups is 1. The van der Waals surface area contributed by atoms with Crippen LogP contribution in [0, 0.1) is 0 Å². The summed E-state index contributed by atoms with van der Waals surface area (Å²) in [7, 11) is 1.62. The van der Waals surface area contributed by atoms with Crippen LogP contribution in [0.3, 0.4) is 0 Å². The van der Waals surface area contributed by atoms with Gasteiger partial charge in [0.2, 0.25) is 0 Å². The zero-order valence-electron chi connectivity index (χ0n) is 40.8. The van der Waals surface area contributed by atoms with Crippen molar-refractivity contribution in [2.45, 2.75) is 174 Å². The molecule has 0 amide bonds. The Kier molecular flexibility index (Phi) is 43.7. The number of hydrogen-bond donors (Lipinski definition) is 1. The van der Waals surface area contributed by atoms with Gasteiger partial charge < -0.3 is 18.9 Å². The van der Waals surface area contributed by atoms with Crippen LogP contribution in [0.25, 0.3) is 0 Å². The number of nitrogens with zero attached hydrogens (tertiary/aromatic N) is 1. The van der Waals surface area contributed by atoms with Gasteiger partial charge in [-0.1, -0.05) is 175 Å². The lowest BCUT2D eigenvalue weighted by Crippen LogP contribution is -2.37. The van der Waals surface area contributed by atoms with Crippen LogP contribution in [0.2, 0.25) is 0 Å². The fourth-order valence-electron chi connectivity index (χ4n) is 6.10. The molecule has 0 aromatic rings. The van der Waals surface area contributed by atoms with Gasteiger partial charge in [-0.25, -0.2) is 4.57 Å². The van der Waals surface area contributed by atoms with Crippen LogP contribution in [0.1, 0.15) is 168 Å². The van der Waals surface area contributed by atoms with Crippen molar-refractivity contribution in [2.75, 3.05) is 54.1 Å². The number of phosphoric ester groups is 1. The van der Waals surface area contributed by atoms with Crippen LogP contribution in [0.15, 0.2) is 109 Å². The van der Waals surface area contributed by atoms with Crippen molar-refractivity contribution in [3.63, 3.8) is 0 Å². The molecule has 360 valence electrons. The SMILES string of the molecule is CC/C=C\C/C=C\C/C=C\C/C=C\C/C=C\CCCCCCCCCCCCOCC(COP(=O)(O)OCC[N+](C)(C)C)OC(=O)CCCC/C=C\C/C=C\C/C=C\C/C=C\CC. The third-order valence-corrected chi connectivity index (χ3v) is 10.8. The van der Waals surface area contributed by atoms with Gasteiger partial charge in [0, 0.05) is 13.0 Å². The lowest BCUT2D eigenvalue weighted by atomic mass is 10.1. The molecule has 0 bridgehead atoms. The van der Waals surface area contributed by atoms with E-state index in [2.05, 4.69) is 123 Å². The Morgan fingerprint density at radius 1 is 0.492 bits per heavy atom. The molecule has 0 spiro atoms. The number of rotatable bonds is 44. The molecule has 1 N–H and O–H groups in total. The standard InChI is InChI=1S/C54H92NO7P/c1-6-8-10-12-14-16-18-20-22-23-24-25-26-27-28-29-30-31-32-34-36-38-40-42-44-46-49-59-51-53(52-61-63(57,58)60-50-48-55(3,4)5)62-54(56)47-45-43-41-39-37-35-33-21-19-17-15-13-11-9-7-2/h8-11,14-17,20-22,24-25,27-28,33,37,39,53H,6-7,12-13,18-19,23,26,29-32,34-36,38,40-52H2,1-5H3/p+1/b10-8-,11-9-,16-14-,17-15-,22-20-,25-24-,28-27-,33-21-,39-37-. The number of unbranched alkanes of at least 4 members (excludes halogenated alkanes) is 12. The first-order valence-corrected chi connectivity index (χ1v) is 26.1. The topological polar surface area (TPSA) is 91.3 Å².